The Morgan fingerprint density at radius 3 is 2.68 bits per heavy atom. The molecule has 2 aromatic heterocycles. The van der Waals surface area contributed by atoms with Gasteiger partial charge in [0.15, 0.2) is 4.84 Å². The van der Waals surface area contributed by atoms with Crippen LogP contribution in [0.15, 0.2) is 6.07 Å². The van der Waals surface area contributed by atoms with Crippen LogP contribution in [0.2, 0.25) is 0 Å². The van der Waals surface area contributed by atoms with Crippen LogP contribution < -0.4 is 5.32 Å². The first-order valence-corrected chi connectivity index (χ1v) is 8.21. The van der Waals surface area contributed by atoms with Crippen molar-refractivity contribution in [1.29, 1.82) is 0 Å². The van der Waals surface area contributed by atoms with Crippen LogP contribution in [0.3, 0.4) is 0 Å². The van der Waals surface area contributed by atoms with Crippen LogP contribution in [0.25, 0.3) is 10.2 Å². The van der Waals surface area contributed by atoms with Gasteiger partial charge >= 0.3 is 5.97 Å². The summed E-state index contributed by atoms with van der Waals surface area (Å²) < 4.78 is 5.04. The normalized spacial score (nSPS) is 11.0. The molecule has 0 aliphatic heterocycles. The fourth-order valence-corrected chi connectivity index (χ4v) is 3.33. The van der Waals surface area contributed by atoms with E-state index in [1.165, 1.54) is 11.3 Å². The number of alkyl halides is 2. The Kier molecular flexibility index (Phi) is 5.26. The highest BCUT2D eigenvalue weighted by atomic mass is 35.5. The fourth-order valence-electron chi connectivity index (χ4n) is 2.08. The average Bonchev–Trinajstić information content (AvgIpc) is 2.77. The number of pyridine rings is 1. The second kappa shape index (κ2) is 6.81. The van der Waals surface area contributed by atoms with E-state index in [1.54, 1.807) is 6.92 Å². The number of fused-ring (bicyclic) bond motifs is 1. The van der Waals surface area contributed by atoms with Crippen molar-refractivity contribution in [3.8, 4) is 0 Å². The van der Waals surface area contributed by atoms with Crippen LogP contribution in [-0.4, -0.2) is 28.3 Å². The summed E-state index contributed by atoms with van der Waals surface area (Å²) in [6.07, 6.45) is 0. The van der Waals surface area contributed by atoms with Crippen molar-refractivity contribution in [1.82, 2.24) is 4.98 Å². The molecule has 0 bridgehead atoms. The number of thiophene rings is 1. The molecule has 1 amide bonds. The van der Waals surface area contributed by atoms with Crippen molar-refractivity contribution in [2.24, 2.45) is 0 Å². The lowest BCUT2D eigenvalue weighted by Gasteiger charge is -2.08. The van der Waals surface area contributed by atoms with Crippen molar-refractivity contribution >= 4 is 62.3 Å². The number of esters is 1. The number of carbonyl (C=O) groups is 2. The number of carbonyl (C=O) groups excluding carboxylic acids is 2. The zero-order valence-electron chi connectivity index (χ0n) is 12.2. The van der Waals surface area contributed by atoms with Gasteiger partial charge in [-0.25, -0.2) is 9.78 Å². The van der Waals surface area contributed by atoms with E-state index >= 15 is 0 Å². The van der Waals surface area contributed by atoms with Crippen molar-refractivity contribution in [2.75, 3.05) is 11.9 Å². The third kappa shape index (κ3) is 3.34. The SMILES string of the molecule is CCOC(=O)c1sc2nc(C)cc(C)c2c1NC(=O)C(Cl)Cl. The number of nitrogens with one attached hydrogen (secondary N) is 1. The number of rotatable bonds is 4. The van der Waals surface area contributed by atoms with E-state index in [2.05, 4.69) is 10.3 Å². The Hall–Kier alpha value is -1.37. The zero-order valence-corrected chi connectivity index (χ0v) is 14.5. The maximum atomic E-state index is 12.1. The van der Waals surface area contributed by atoms with Crippen LogP contribution in [0.1, 0.15) is 27.9 Å². The highest BCUT2D eigenvalue weighted by molar-refractivity contribution is 7.21. The van der Waals surface area contributed by atoms with Gasteiger partial charge in [0.25, 0.3) is 5.91 Å². The van der Waals surface area contributed by atoms with E-state index in [-0.39, 0.29) is 11.5 Å². The molecule has 0 fully saturated rings. The van der Waals surface area contributed by atoms with Gasteiger partial charge in [-0.3, -0.25) is 4.79 Å². The summed E-state index contributed by atoms with van der Waals surface area (Å²) in [5.74, 6) is -1.12. The molecule has 0 saturated heterocycles. The summed E-state index contributed by atoms with van der Waals surface area (Å²) in [5.41, 5.74) is 2.07. The molecular weight excluding hydrogens is 347 g/mol. The van der Waals surface area contributed by atoms with Crippen LogP contribution in [0, 0.1) is 13.8 Å². The predicted molar refractivity (Wildman–Crippen MR) is 89.2 cm³/mol. The van der Waals surface area contributed by atoms with Gasteiger partial charge in [-0.2, -0.15) is 0 Å². The molecule has 0 radical (unpaired) electrons. The number of hydrogen-bond donors (Lipinski definition) is 1. The third-order valence-corrected chi connectivity index (χ3v) is 4.35. The van der Waals surface area contributed by atoms with Crippen LogP contribution in [0.4, 0.5) is 5.69 Å². The van der Waals surface area contributed by atoms with Crippen molar-refractivity contribution in [3.63, 3.8) is 0 Å². The zero-order chi connectivity index (χ0) is 16.4. The smallest absolute Gasteiger partial charge is 0.350 e. The molecule has 118 valence electrons. The number of aromatic nitrogens is 1. The van der Waals surface area contributed by atoms with Gasteiger partial charge in [-0.1, -0.05) is 23.2 Å². The number of halogens is 2. The molecule has 0 unspecified atom stereocenters. The summed E-state index contributed by atoms with van der Waals surface area (Å²) >= 11 is 12.3. The lowest BCUT2D eigenvalue weighted by atomic mass is 10.1. The second-order valence-electron chi connectivity index (χ2n) is 4.58. The first-order valence-electron chi connectivity index (χ1n) is 6.52. The van der Waals surface area contributed by atoms with Crippen LogP contribution in [-0.2, 0) is 9.53 Å². The van der Waals surface area contributed by atoms with E-state index in [4.69, 9.17) is 27.9 Å². The molecular formula is C14H14Cl2N2O3S. The molecule has 2 rings (SSSR count). The van der Waals surface area contributed by atoms with Gasteiger partial charge in [0.05, 0.1) is 12.3 Å². The van der Waals surface area contributed by atoms with E-state index < -0.39 is 16.7 Å². The summed E-state index contributed by atoms with van der Waals surface area (Å²) in [7, 11) is 0. The molecule has 5 nitrogen and oxygen atoms in total. The Morgan fingerprint density at radius 2 is 2.09 bits per heavy atom. The minimum atomic E-state index is -1.23. The molecule has 0 aliphatic carbocycles. The van der Waals surface area contributed by atoms with Crippen molar-refractivity contribution in [3.05, 3.63) is 22.2 Å². The quantitative estimate of drug-likeness (QED) is 0.664. The van der Waals surface area contributed by atoms with Gasteiger partial charge in [-0.05, 0) is 32.4 Å². The predicted octanol–water partition coefficient (Wildman–Crippen LogP) is 3.83. The molecule has 0 saturated carbocycles. The Balaban J connectivity index is 2.64. The van der Waals surface area contributed by atoms with Crippen LogP contribution >= 0.6 is 34.5 Å². The monoisotopic (exact) mass is 360 g/mol. The van der Waals surface area contributed by atoms with Gasteiger partial charge in [0, 0.05) is 11.1 Å². The maximum absolute atomic E-state index is 12.1. The maximum Gasteiger partial charge on any atom is 0.350 e. The summed E-state index contributed by atoms with van der Waals surface area (Å²) in [6, 6.07) is 1.87. The number of ether oxygens (including phenoxy) is 1. The first kappa shape index (κ1) is 17.0. The molecule has 8 heteroatoms. The molecule has 1 N–H and O–H groups in total. The van der Waals surface area contributed by atoms with E-state index in [0.717, 1.165) is 11.3 Å². The largest absolute Gasteiger partial charge is 0.462 e. The average molecular weight is 361 g/mol. The number of hydrogen-bond acceptors (Lipinski definition) is 5. The highest BCUT2D eigenvalue weighted by Crippen LogP contribution is 2.38. The lowest BCUT2D eigenvalue weighted by molar-refractivity contribution is -0.114. The van der Waals surface area contributed by atoms with Gasteiger partial charge in [0.2, 0.25) is 0 Å². The minimum absolute atomic E-state index is 0.236. The number of anilines is 1. The van der Waals surface area contributed by atoms with Gasteiger partial charge in [-0.15, -0.1) is 11.3 Å². The van der Waals surface area contributed by atoms with E-state index in [9.17, 15) is 9.59 Å². The van der Waals surface area contributed by atoms with Gasteiger partial charge < -0.3 is 10.1 Å². The van der Waals surface area contributed by atoms with Crippen molar-refractivity contribution in [2.45, 2.75) is 25.6 Å². The summed E-state index contributed by atoms with van der Waals surface area (Å²) in [6.45, 7) is 5.69. The highest BCUT2D eigenvalue weighted by Gasteiger charge is 2.24. The van der Waals surface area contributed by atoms with E-state index in [0.29, 0.717) is 15.9 Å². The fraction of sp³-hybridized carbons (Fsp3) is 0.357. The first-order chi connectivity index (χ1) is 10.3. The standard InChI is InChI=1S/C14H14Cl2N2O3S/c1-4-21-14(20)10-9(18-12(19)11(15)16)8-6(2)5-7(3)17-13(8)22-10/h5,11H,4H2,1-3H3,(H,18,19). The van der Waals surface area contributed by atoms with E-state index in [1.807, 2.05) is 19.9 Å². The Bertz CT molecular complexity index is 743. The summed E-state index contributed by atoms with van der Waals surface area (Å²) in [4.78, 5) is 28.0. The molecule has 2 aromatic rings. The van der Waals surface area contributed by atoms with Crippen molar-refractivity contribution < 1.29 is 14.3 Å². The minimum Gasteiger partial charge on any atom is -0.462 e. The van der Waals surface area contributed by atoms with Gasteiger partial charge in [0.1, 0.15) is 9.71 Å². The second-order valence-corrected chi connectivity index (χ2v) is 6.67. The topological polar surface area (TPSA) is 68.3 Å². The molecule has 2 heterocycles. The number of amides is 1. The summed E-state index contributed by atoms with van der Waals surface area (Å²) in [5, 5.41) is 3.29. The molecule has 0 atom stereocenters. The molecule has 0 aromatic carbocycles. The Morgan fingerprint density at radius 1 is 1.41 bits per heavy atom. The molecule has 0 spiro atoms. The van der Waals surface area contributed by atoms with Crippen LogP contribution in [0.5, 0.6) is 0 Å². The molecule has 22 heavy (non-hydrogen) atoms. The number of nitrogens with zero attached hydrogens (tertiary/aromatic N) is 1. The third-order valence-electron chi connectivity index (χ3n) is 2.89. The number of aryl methyl sites for hydroxylation is 2. The molecule has 0 aliphatic rings. The lowest BCUT2D eigenvalue weighted by Crippen LogP contribution is -2.20. The Labute approximate surface area is 141 Å².